The Morgan fingerprint density at radius 2 is 0.800 bits per heavy atom. The van der Waals surface area contributed by atoms with Crippen LogP contribution in [-0.2, 0) is 0 Å². The fourth-order valence-electron chi connectivity index (χ4n) is 0. The van der Waals surface area contributed by atoms with Gasteiger partial charge in [-0.2, -0.15) is 0 Å². The summed E-state index contributed by atoms with van der Waals surface area (Å²) in [5.41, 5.74) is 0. The smallest absolute Gasteiger partial charge is 1.00 e. The molecule has 0 saturated heterocycles. The second-order valence-electron chi connectivity index (χ2n) is 0. The minimum atomic E-state index is 0. The van der Waals surface area contributed by atoms with Gasteiger partial charge in [-0.1, -0.05) is 0 Å². The van der Waals surface area contributed by atoms with E-state index in [1.54, 1.807) is 0 Å². The molecule has 5 heteroatoms. The van der Waals surface area contributed by atoms with Gasteiger partial charge in [-0.05, 0) is 0 Å². The van der Waals surface area contributed by atoms with Gasteiger partial charge in [0.25, 0.3) is 0 Å². The first-order valence-electron chi connectivity index (χ1n) is 0. The minimum Gasteiger partial charge on any atom is -1.00 e. The maximum absolute atomic E-state index is 0. The molecule has 3 N–H and O–H groups in total. The van der Waals surface area contributed by atoms with Crippen molar-refractivity contribution in [1.29, 1.82) is 0 Å². The molecular weight excluding hydrogens is 204 g/mol. The van der Waals surface area contributed by atoms with Crippen LogP contribution in [0.2, 0.25) is 0 Å². The van der Waals surface area contributed by atoms with Crippen molar-refractivity contribution in [2.24, 2.45) is 0 Å². The molecule has 0 fully saturated rings. The van der Waals surface area contributed by atoms with Gasteiger partial charge in [-0.15, -0.1) is 0 Å². The van der Waals surface area contributed by atoms with Gasteiger partial charge in [0.2, 0.25) is 0 Å². The number of hydrogen-bond acceptors (Lipinski definition) is 1. The van der Waals surface area contributed by atoms with Crippen LogP contribution in [0.1, 0.15) is 0 Å². The average Bonchev–Trinajstić information content (AvgIpc) is 0. The molecule has 0 amide bonds. The third-order valence-corrected chi connectivity index (χ3v) is 0. The molecule has 32 valence electrons. The van der Waals surface area contributed by atoms with E-state index in [2.05, 4.69) is 0 Å². The molecule has 0 heterocycles. The zero-order chi connectivity index (χ0) is 0. The Hall–Kier alpha value is 1.80. The molecule has 0 aromatic carbocycles. The molecule has 0 unspecified atom stereocenters. The minimum absolute atomic E-state index is 0. The first-order valence-corrected chi connectivity index (χ1v) is 0. The third kappa shape index (κ3) is 25.8. The largest absolute Gasteiger partial charge is 1.00 e. The van der Waals surface area contributed by atoms with Gasteiger partial charge >= 0.3 is 68.9 Å². The van der Waals surface area contributed by atoms with Gasteiger partial charge in [0.15, 0.2) is 0 Å². The van der Waals surface area contributed by atoms with Gasteiger partial charge in [0.1, 0.15) is 0 Å². The van der Waals surface area contributed by atoms with Gasteiger partial charge in [0, 0.05) is 0 Å². The quantitative estimate of drug-likeness (QED) is 0.424. The second kappa shape index (κ2) is 41.2. The average molecular weight is 209 g/mol. The van der Waals surface area contributed by atoms with Crippen LogP contribution in [0.5, 0.6) is 0 Å². The van der Waals surface area contributed by atoms with Crippen LogP contribution in [0.15, 0.2) is 0 Å². The normalized spacial score (nSPS) is 0. The number of halogens is 3. The van der Waals surface area contributed by atoms with E-state index in [-0.39, 0.29) is 89.2 Å². The SMILES string of the molecule is F.F.N.[Cs+].[F-]. The molecule has 0 rings (SSSR count). The van der Waals surface area contributed by atoms with Gasteiger partial charge in [-0.3, -0.25) is 9.41 Å². The van der Waals surface area contributed by atoms with Crippen LogP contribution in [-0.4, -0.2) is 0 Å². The predicted octanol–water partition coefficient (Wildman–Crippen LogP) is -5.52. The van der Waals surface area contributed by atoms with Crippen molar-refractivity contribution in [2.45, 2.75) is 0 Å². The summed E-state index contributed by atoms with van der Waals surface area (Å²) >= 11 is 0. The zero-order valence-electron chi connectivity index (χ0n) is 2.90. The predicted molar refractivity (Wildman–Crippen MR) is 10.0 cm³/mol. The molecule has 0 radical (unpaired) electrons. The van der Waals surface area contributed by atoms with Gasteiger partial charge in [0.05, 0.1) is 0 Å². The molecular formula is H5CsF3N. The first kappa shape index (κ1) is 70.5. The molecule has 0 spiro atoms. The van der Waals surface area contributed by atoms with Crippen molar-refractivity contribution in [3.63, 3.8) is 0 Å². The maximum Gasteiger partial charge on any atom is 1.00 e. The van der Waals surface area contributed by atoms with E-state index in [1.165, 1.54) is 0 Å². The van der Waals surface area contributed by atoms with Crippen LogP contribution < -0.4 is 79.7 Å². The van der Waals surface area contributed by atoms with Crippen LogP contribution in [0.4, 0.5) is 9.41 Å². The molecule has 0 aliphatic rings. The van der Waals surface area contributed by atoms with Crippen LogP contribution in [0, 0.1) is 0 Å². The molecule has 0 atom stereocenters. The summed E-state index contributed by atoms with van der Waals surface area (Å²) < 4.78 is 0. The van der Waals surface area contributed by atoms with E-state index in [0.29, 0.717) is 0 Å². The summed E-state index contributed by atoms with van der Waals surface area (Å²) in [6, 6.07) is 0. The van der Waals surface area contributed by atoms with Crippen molar-refractivity contribution in [3.05, 3.63) is 0 Å². The third-order valence-electron chi connectivity index (χ3n) is 0. The summed E-state index contributed by atoms with van der Waals surface area (Å²) in [6.45, 7) is 0. The van der Waals surface area contributed by atoms with E-state index >= 15 is 0 Å². The summed E-state index contributed by atoms with van der Waals surface area (Å²) in [5, 5.41) is 0. The second-order valence-corrected chi connectivity index (χ2v) is 0. The molecule has 0 bridgehead atoms. The Bertz CT molecular complexity index is 6.85. The van der Waals surface area contributed by atoms with Gasteiger partial charge in [-0.25, -0.2) is 0 Å². The van der Waals surface area contributed by atoms with Crippen molar-refractivity contribution in [2.75, 3.05) is 0 Å². The molecule has 0 aliphatic heterocycles. The standard InChI is InChI=1S/Cs.3FH.H3N/h;3*1H;1H3/q+1;;;;/p-1. The zero-order valence-corrected chi connectivity index (χ0v) is 9.18. The summed E-state index contributed by atoms with van der Waals surface area (Å²) in [7, 11) is 0. The van der Waals surface area contributed by atoms with Crippen molar-refractivity contribution < 1.29 is 83.0 Å². The van der Waals surface area contributed by atoms with Crippen LogP contribution >= 0.6 is 0 Å². The summed E-state index contributed by atoms with van der Waals surface area (Å²) in [5.74, 6) is 0. The molecule has 1 nitrogen and oxygen atoms in total. The van der Waals surface area contributed by atoms with E-state index in [4.69, 9.17) is 0 Å². The maximum atomic E-state index is 0. The van der Waals surface area contributed by atoms with Crippen LogP contribution in [0.3, 0.4) is 0 Å². The Kier molecular flexibility index (Phi) is 581. The molecule has 0 aliphatic carbocycles. The molecule has 0 aromatic heterocycles. The van der Waals surface area contributed by atoms with E-state index in [9.17, 15) is 0 Å². The first-order chi connectivity index (χ1) is 0. The van der Waals surface area contributed by atoms with Crippen molar-refractivity contribution in [1.82, 2.24) is 6.15 Å². The number of hydrogen-bond donors (Lipinski definition) is 1. The number of rotatable bonds is 0. The van der Waals surface area contributed by atoms with E-state index in [0.717, 1.165) is 0 Å². The summed E-state index contributed by atoms with van der Waals surface area (Å²) in [4.78, 5) is 0. The fourth-order valence-corrected chi connectivity index (χ4v) is 0. The van der Waals surface area contributed by atoms with E-state index in [1.807, 2.05) is 0 Å². The monoisotopic (exact) mass is 209 g/mol. The fraction of sp³-hybridized carbons (Fsp3) is 0. The van der Waals surface area contributed by atoms with Crippen molar-refractivity contribution >= 4 is 0 Å². The van der Waals surface area contributed by atoms with E-state index < -0.39 is 0 Å². The Labute approximate surface area is 87.0 Å². The summed E-state index contributed by atoms with van der Waals surface area (Å²) in [6.07, 6.45) is 0. The molecule has 5 heavy (non-hydrogen) atoms. The Morgan fingerprint density at radius 1 is 0.800 bits per heavy atom. The Balaban J connectivity index is 0. The topological polar surface area (TPSA) is 35.0 Å². The Morgan fingerprint density at radius 3 is 0.800 bits per heavy atom. The van der Waals surface area contributed by atoms with Crippen molar-refractivity contribution in [3.8, 4) is 0 Å². The molecule has 0 aromatic rings. The van der Waals surface area contributed by atoms with Gasteiger partial charge < -0.3 is 10.9 Å². The van der Waals surface area contributed by atoms with Crippen LogP contribution in [0.25, 0.3) is 0 Å². The molecule has 0 saturated carbocycles.